The van der Waals surface area contributed by atoms with Crippen molar-refractivity contribution in [3.05, 3.63) is 71.4 Å². The maximum atomic E-state index is 10.7. The molecule has 0 amide bonds. The molecule has 1 aromatic heterocycles. The third kappa shape index (κ3) is 4.12. The van der Waals surface area contributed by atoms with Gasteiger partial charge in [0.25, 0.3) is 0 Å². The van der Waals surface area contributed by atoms with Gasteiger partial charge in [0, 0.05) is 24.7 Å². The van der Waals surface area contributed by atoms with Crippen molar-refractivity contribution >= 4 is 16.9 Å². The minimum Gasteiger partial charge on any atom is -0.481 e. The number of carboxylic acid groups (broad SMARTS) is 1. The fourth-order valence-electron chi connectivity index (χ4n) is 4.56. The van der Waals surface area contributed by atoms with E-state index >= 15 is 0 Å². The molecule has 0 unspecified atom stereocenters. The Kier molecular flexibility index (Phi) is 5.49. The van der Waals surface area contributed by atoms with Gasteiger partial charge in [0.1, 0.15) is 0 Å². The largest absolute Gasteiger partial charge is 0.481 e. The first-order valence-corrected chi connectivity index (χ1v) is 10.2. The van der Waals surface area contributed by atoms with Gasteiger partial charge in [-0.15, -0.1) is 0 Å². The second kappa shape index (κ2) is 8.19. The molecule has 4 heteroatoms. The molecular formula is C24H28N2O2. The van der Waals surface area contributed by atoms with Gasteiger partial charge in [-0.1, -0.05) is 42.5 Å². The SMILES string of the molecule is C[C@@H](N[C@H]1CC[C@H](c2ccc(CCC(=O)O)cc2)C1)c1cccc2cc[nH]c12. The molecule has 1 saturated carbocycles. The molecule has 4 rings (SSSR count). The second-order valence-electron chi connectivity index (χ2n) is 8.02. The second-order valence-corrected chi connectivity index (χ2v) is 8.02. The Labute approximate surface area is 166 Å². The zero-order valence-electron chi connectivity index (χ0n) is 16.3. The van der Waals surface area contributed by atoms with Crippen LogP contribution in [0.2, 0.25) is 0 Å². The standard InChI is InChI=1S/C24H28N2O2/c1-16(22-4-2-3-19-13-14-25-24(19)22)26-21-11-10-20(15-21)18-8-5-17(6-9-18)7-12-23(27)28/h2-6,8-9,13-14,16,20-21,25-26H,7,10-12,15H2,1H3,(H,27,28)/t16-,20+,21+/m1/s1. The van der Waals surface area contributed by atoms with E-state index in [9.17, 15) is 4.79 Å². The molecule has 1 fully saturated rings. The van der Waals surface area contributed by atoms with Gasteiger partial charge < -0.3 is 15.4 Å². The minimum absolute atomic E-state index is 0.195. The van der Waals surface area contributed by atoms with E-state index < -0.39 is 5.97 Å². The summed E-state index contributed by atoms with van der Waals surface area (Å²) in [5, 5.41) is 13.9. The summed E-state index contributed by atoms with van der Waals surface area (Å²) in [6, 6.07) is 18.0. The number of aromatic nitrogens is 1. The third-order valence-electron chi connectivity index (χ3n) is 6.08. The number of hydrogen-bond donors (Lipinski definition) is 3. The van der Waals surface area contributed by atoms with Gasteiger partial charge in [0.2, 0.25) is 0 Å². The van der Waals surface area contributed by atoms with Crippen LogP contribution in [0, 0.1) is 0 Å². The minimum atomic E-state index is -0.738. The topological polar surface area (TPSA) is 65.1 Å². The highest BCUT2D eigenvalue weighted by molar-refractivity contribution is 5.82. The molecule has 1 aliphatic rings. The summed E-state index contributed by atoms with van der Waals surface area (Å²) in [5.74, 6) is -0.155. The van der Waals surface area contributed by atoms with Crippen LogP contribution in [-0.4, -0.2) is 22.1 Å². The molecule has 0 saturated heterocycles. The van der Waals surface area contributed by atoms with Crippen LogP contribution in [0.15, 0.2) is 54.7 Å². The number of aryl methyl sites for hydroxylation is 1. The van der Waals surface area contributed by atoms with E-state index in [1.807, 2.05) is 6.20 Å². The Morgan fingerprint density at radius 1 is 1.18 bits per heavy atom. The van der Waals surface area contributed by atoms with Crippen LogP contribution in [0.1, 0.15) is 61.3 Å². The summed E-state index contributed by atoms with van der Waals surface area (Å²) in [4.78, 5) is 14.1. The van der Waals surface area contributed by atoms with E-state index in [0.717, 1.165) is 12.0 Å². The zero-order valence-corrected chi connectivity index (χ0v) is 16.3. The fourth-order valence-corrected chi connectivity index (χ4v) is 4.56. The lowest BCUT2D eigenvalue weighted by atomic mass is 9.95. The first-order chi connectivity index (χ1) is 13.6. The average Bonchev–Trinajstić information content (AvgIpc) is 3.35. The number of carboxylic acids is 1. The number of aliphatic carboxylic acids is 1. The van der Waals surface area contributed by atoms with Gasteiger partial charge in [0.05, 0.1) is 5.52 Å². The van der Waals surface area contributed by atoms with E-state index in [1.165, 1.54) is 34.9 Å². The molecule has 0 bridgehead atoms. The Morgan fingerprint density at radius 2 is 2.00 bits per heavy atom. The lowest BCUT2D eigenvalue weighted by Crippen LogP contribution is -2.29. The van der Waals surface area contributed by atoms with Crippen molar-refractivity contribution in [2.75, 3.05) is 0 Å². The van der Waals surface area contributed by atoms with Gasteiger partial charge in [-0.2, -0.15) is 0 Å². The third-order valence-corrected chi connectivity index (χ3v) is 6.08. The number of H-pyrrole nitrogens is 1. The van der Waals surface area contributed by atoms with Crippen molar-refractivity contribution in [3.8, 4) is 0 Å². The normalized spacial score (nSPS) is 20.5. The highest BCUT2D eigenvalue weighted by Gasteiger charge is 2.27. The summed E-state index contributed by atoms with van der Waals surface area (Å²) in [6.45, 7) is 2.25. The summed E-state index contributed by atoms with van der Waals surface area (Å²) in [6.07, 6.45) is 6.35. The van der Waals surface area contributed by atoms with Crippen LogP contribution in [0.3, 0.4) is 0 Å². The molecule has 1 aliphatic carbocycles. The van der Waals surface area contributed by atoms with Gasteiger partial charge in [-0.05, 0) is 66.7 Å². The summed E-state index contributed by atoms with van der Waals surface area (Å²) in [5.41, 5.74) is 5.04. The van der Waals surface area contributed by atoms with Crippen molar-refractivity contribution in [3.63, 3.8) is 0 Å². The number of carbonyl (C=O) groups is 1. The summed E-state index contributed by atoms with van der Waals surface area (Å²) >= 11 is 0. The molecule has 2 aromatic carbocycles. The molecule has 28 heavy (non-hydrogen) atoms. The molecule has 146 valence electrons. The fraction of sp³-hybridized carbons (Fsp3) is 0.375. The van der Waals surface area contributed by atoms with Crippen molar-refractivity contribution in [1.82, 2.24) is 10.3 Å². The van der Waals surface area contributed by atoms with E-state index in [1.54, 1.807) is 0 Å². The number of benzene rings is 2. The van der Waals surface area contributed by atoms with Crippen molar-refractivity contribution in [2.24, 2.45) is 0 Å². The maximum Gasteiger partial charge on any atom is 0.303 e. The van der Waals surface area contributed by atoms with E-state index in [4.69, 9.17) is 5.11 Å². The Balaban J connectivity index is 1.36. The molecule has 0 aliphatic heterocycles. The smallest absolute Gasteiger partial charge is 0.303 e. The monoisotopic (exact) mass is 376 g/mol. The maximum absolute atomic E-state index is 10.7. The number of hydrogen-bond acceptors (Lipinski definition) is 2. The van der Waals surface area contributed by atoms with E-state index in [0.29, 0.717) is 24.4 Å². The highest BCUT2D eigenvalue weighted by atomic mass is 16.4. The first kappa shape index (κ1) is 18.8. The van der Waals surface area contributed by atoms with Crippen LogP contribution in [-0.2, 0) is 11.2 Å². The molecule has 1 heterocycles. The lowest BCUT2D eigenvalue weighted by molar-refractivity contribution is -0.136. The van der Waals surface area contributed by atoms with Crippen LogP contribution < -0.4 is 5.32 Å². The molecule has 3 atom stereocenters. The van der Waals surface area contributed by atoms with E-state index in [2.05, 4.69) is 65.8 Å². The number of fused-ring (bicyclic) bond motifs is 1. The molecular weight excluding hydrogens is 348 g/mol. The van der Waals surface area contributed by atoms with Crippen LogP contribution in [0.5, 0.6) is 0 Å². The number of rotatable bonds is 7. The Hall–Kier alpha value is -2.59. The molecule has 0 radical (unpaired) electrons. The van der Waals surface area contributed by atoms with Crippen molar-refractivity contribution < 1.29 is 9.90 Å². The zero-order chi connectivity index (χ0) is 19.5. The average molecular weight is 377 g/mol. The molecule has 3 aromatic rings. The van der Waals surface area contributed by atoms with Crippen molar-refractivity contribution in [2.45, 2.75) is 57.0 Å². The first-order valence-electron chi connectivity index (χ1n) is 10.2. The quantitative estimate of drug-likeness (QED) is 0.533. The summed E-state index contributed by atoms with van der Waals surface area (Å²) in [7, 11) is 0. The Bertz CT molecular complexity index is 945. The predicted molar refractivity (Wildman–Crippen MR) is 113 cm³/mol. The predicted octanol–water partition coefficient (Wildman–Crippen LogP) is 5.17. The van der Waals surface area contributed by atoms with Crippen LogP contribution in [0.25, 0.3) is 10.9 Å². The molecule has 0 spiro atoms. The summed E-state index contributed by atoms with van der Waals surface area (Å²) < 4.78 is 0. The van der Waals surface area contributed by atoms with Crippen molar-refractivity contribution in [1.29, 1.82) is 0 Å². The number of aromatic amines is 1. The van der Waals surface area contributed by atoms with Crippen LogP contribution >= 0.6 is 0 Å². The Morgan fingerprint density at radius 3 is 2.79 bits per heavy atom. The highest BCUT2D eigenvalue weighted by Crippen LogP contribution is 2.36. The van der Waals surface area contributed by atoms with Gasteiger partial charge >= 0.3 is 5.97 Å². The number of nitrogens with one attached hydrogen (secondary N) is 2. The molecule has 4 nitrogen and oxygen atoms in total. The van der Waals surface area contributed by atoms with Crippen LogP contribution in [0.4, 0.5) is 0 Å². The van der Waals surface area contributed by atoms with Gasteiger partial charge in [-0.25, -0.2) is 0 Å². The van der Waals surface area contributed by atoms with Gasteiger partial charge in [-0.3, -0.25) is 4.79 Å². The van der Waals surface area contributed by atoms with Gasteiger partial charge in [0.15, 0.2) is 0 Å². The lowest BCUT2D eigenvalue weighted by Gasteiger charge is -2.21. The molecule has 3 N–H and O–H groups in total. The number of para-hydroxylation sites is 1. The van der Waals surface area contributed by atoms with E-state index in [-0.39, 0.29) is 6.42 Å².